The van der Waals surface area contributed by atoms with Gasteiger partial charge in [-0.05, 0) is 51.5 Å². The fourth-order valence-electron chi connectivity index (χ4n) is 2.83. The van der Waals surface area contributed by atoms with E-state index >= 15 is 0 Å². The van der Waals surface area contributed by atoms with E-state index in [0.717, 1.165) is 34.0 Å². The van der Waals surface area contributed by atoms with E-state index in [9.17, 15) is 4.79 Å². The molecule has 25 heavy (non-hydrogen) atoms. The molecule has 5 heteroatoms. The van der Waals surface area contributed by atoms with Gasteiger partial charge in [0.05, 0.1) is 18.5 Å². The van der Waals surface area contributed by atoms with Crippen LogP contribution in [0.2, 0.25) is 0 Å². The highest BCUT2D eigenvalue weighted by Gasteiger charge is 2.19. The Morgan fingerprint density at radius 3 is 2.48 bits per heavy atom. The highest BCUT2D eigenvalue weighted by atomic mass is 16.5. The van der Waals surface area contributed by atoms with Crippen molar-refractivity contribution < 1.29 is 13.7 Å². The van der Waals surface area contributed by atoms with Crippen molar-refractivity contribution in [3.05, 3.63) is 71.0 Å². The lowest BCUT2D eigenvalue weighted by Gasteiger charge is -2.22. The Kier molecular flexibility index (Phi) is 5.03. The average Bonchev–Trinajstić information content (AvgIpc) is 3.22. The summed E-state index contributed by atoms with van der Waals surface area (Å²) in [6, 6.07) is 11.6. The summed E-state index contributed by atoms with van der Waals surface area (Å²) >= 11 is 0. The maximum absolute atomic E-state index is 12.9. The largest absolute Gasteiger partial charge is 0.467 e. The SMILES string of the molecule is Cc1ccc(N(Cc2ccco2)C(=O)CCc2c(C)noc2C)cc1. The van der Waals surface area contributed by atoms with E-state index in [1.165, 1.54) is 0 Å². The third-order valence-corrected chi connectivity index (χ3v) is 4.31. The molecule has 2 aromatic heterocycles. The van der Waals surface area contributed by atoms with Crippen molar-refractivity contribution >= 4 is 11.6 Å². The minimum atomic E-state index is 0.0419. The first-order chi connectivity index (χ1) is 12.0. The number of furan rings is 1. The van der Waals surface area contributed by atoms with Gasteiger partial charge in [-0.3, -0.25) is 4.79 Å². The Bertz CT molecular complexity index is 813. The zero-order valence-electron chi connectivity index (χ0n) is 14.8. The Labute approximate surface area is 147 Å². The molecule has 0 atom stereocenters. The molecule has 0 aliphatic rings. The second-order valence-electron chi connectivity index (χ2n) is 6.20. The van der Waals surface area contributed by atoms with E-state index in [0.29, 0.717) is 19.4 Å². The monoisotopic (exact) mass is 338 g/mol. The number of carbonyl (C=O) groups excluding carboxylic acids is 1. The van der Waals surface area contributed by atoms with Crippen molar-refractivity contribution in [3.63, 3.8) is 0 Å². The lowest BCUT2D eigenvalue weighted by molar-refractivity contribution is -0.118. The van der Waals surface area contributed by atoms with Gasteiger partial charge < -0.3 is 13.8 Å². The smallest absolute Gasteiger partial charge is 0.227 e. The average molecular weight is 338 g/mol. The molecule has 2 heterocycles. The van der Waals surface area contributed by atoms with E-state index in [1.54, 1.807) is 11.2 Å². The van der Waals surface area contributed by atoms with Crippen LogP contribution in [0.3, 0.4) is 0 Å². The number of hydrogen-bond acceptors (Lipinski definition) is 4. The van der Waals surface area contributed by atoms with Gasteiger partial charge in [-0.25, -0.2) is 0 Å². The summed E-state index contributed by atoms with van der Waals surface area (Å²) in [4.78, 5) is 14.7. The zero-order valence-corrected chi connectivity index (χ0v) is 14.8. The number of amides is 1. The first-order valence-corrected chi connectivity index (χ1v) is 8.36. The fraction of sp³-hybridized carbons (Fsp3) is 0.300. The fourth-order valence-corrected chi connectivity index (χ4v) is 2.83. The third kappa shape index (κ3) is 3.99. The second-order valence-corrected chi connectivity index (χ2v) is 6.20. The highest BCUT2D eigenvalue weighted by Crippen LogP contribution is 2.21. The summed E-state index contributed by atoms with van der Waals surface area (Å²) in [7, 11) is 0. The van der Waals surface area contributed by atoms with Gasteiger partial charge in [0.15, 0.2) is 0 Å². The molecule has 1 aromatic carbocycles. The summed E-state index contributed by atoms with van der Waals surface area (Å²) in [6.07, 6.45) is 2.62. The van der Waals surface area contributed by atoms with Crippen LogP contribution in [0.4, 0.5) is 5.69 Å². The summed E-state index contributed by atoms with van der Waals surface area (Å²) in [5, 5.41) is 3.95. The van der Waals surface area contributed by atoms with Crippen molar-refractivity contribution in [3.8, 4) is 0 Å². The van der Waals surface area contributed by atoms with Crippen LogP contribution < -0.4 is 4.90 Å². The summed E-state index contributed by atoms with van der Waals surface area (Å²) < 4.78 is 10.6. The number of anilines is 1. The van der Waals surface area contributed by atoms with Gasteiger partial charge in [0.25, 0.3) is 0 Å². The maximum Gasteiger partial charge on any atom is 0.227 e. The minimum absolute atomic E-state index is 0.0419. The molecule has 0 radical (unpaired) electrons. The van der Waals surface area contributed by atoms with E-state index in [-0.39, 0.29) is 5.91 Å². The summed E-state index contributed by atoms with van der Waals surface area (Å²) in [5.41, 5.74) is 3.88. The molecule has 130 valence electrons. The molecule has 0 saturated carbocycles. The predicted molar refractivity (Wildman–Crippen MR) is 95.4 cm³/mol. The van der Waals surface area contributed by atoms with Crippen molar-refractivity contribution in [2.75, 3.05) is 4.90 Å². The molecule has 0 aliphatic heterocycles. The molecule has 5 nitrogen and oxygen atoms in total. The Balaban J connectivity index is 1.78. The van der Waals surface area contributed by atoms with Crippen LogP contribution in [0, 0.1) is 20.8 Å². The summed E-state index contributed by atoms with van der Waals surface area (Å²) in [6.45, 7) is 6.22. The number of carbonyl (C=O) groups is 1. The first kappa shape index (κ1) is 17.0. The van der Waals surface area contributed by atoms with Gasteiger partial charge >= 0.3 is 0 Å². The topological polar surface area (TPSA) is 59.5 Å². The predicted octanol–water partition coefficient (Wildman–Crippen LogP) is 4.36. The molecule has 1 amide bonds. The molecular formula is C20H22N2O3. The molecule has 0 bridgehead atoms. The maximum atomic E-state index is 12.9. The quantitative estimate of drug-likeness (QED) is 0.670. The normalized spacial score (nSPS) is 10.8. The molecular weight excluding hydrogens is 316 g/mol. The molecule has 3 rings (SSSR count). The van der Waals surface area contributed by atoms with Gasteiger partial charge in [0, 0.05) is 17.7 Å². The van der Waals surface area contributed by atoms with Crippen molar-refractivity contribution in [1.29, 1.82) is 0 Å². The van der Waals surface area contributed by atoms with Crippen LogP contribution >= 0.6 is 0 Å². The van der Waals surface area contributed by atoms with Crippen molar-refractivity contribution in [2.24, 2.45) is 0 Å². The number of nitrogens with zero attached hydrogens (tertiary/aromatic N) is 2. The van der Waals surface area contributed by atoms with E-state index in [2.05, 4.69) is 5.16 Å². The lowest BCUT2D eigenvalue weighted by atomic mass is 10.1. The van der Waals surface area contributed by atoms with Gasteiger partial charge in [-0.1, -0.05) is 22.9 Å². The number of rotatable bonds is 6. The highest BCUT2D eigenvalue weighted by molar-refractivity contribution is 5.93. The number of benzene rings is 1. The van der Waals surface area contributed by atoms with Gasteiger partial charge in [0.1, 0.15) is 11.5 Å². The molecule has 0 unspecified atom stereocenters. The van der Waals surface area contributed by atoms with Gasteiger partial charge in [-0.15, -0.1) is 0 Å². The first-order valence-electron chi connectivity index (χ1n) is 8.36. The van der Waals surface area contributed by atoms with Crippen LogP contribution in [-0.2, 0) is 17.8 Å². The third-order valence-electron chi connectivity index (χ3n) is 4.31. The van der Waals surface area contributed by atoms with E-state index in [1.807, 2.05) is 57.2 Å². The number of hydrogen-bond donors (Lipinski definition) is 0. The number of aryl methyl sites for hydroxylation is 3. The van der Waals surface area contributed by atoms with Crippen LogP contribution in [0.5, 0.6) is 0 Å². The van der Waals surface area contributed by atoms with Crippen LogP contribution in [-0.4, -0.2) is 11.1 Å². The zero-order chi connectivity index (χ0) is 17.8. The Hall–Kier alpha value is -2.82. The molecule has 3 aromatic rings. The van der Waals surface area contributed by atoms with Crippen LogP contribution in [0.15, 0.2) is 51.6 Å². The molecule has 0 N–H and O–H groups in total. The van der Waals surface area contributed by atoms with Gasteiger partial charge in [0.2, 0.25) is 5.91 Å². The Morgan fingerprint density at radius 2 is 1.88 bits per heavy atom. The molecule has 0 aliphatic carbocycles. The van der Waals surface area contributed by atoms with Crippen LogP contribution in [0.1, 0.15) is 34.8 Å². The standard InChI is InChI=1S/C20H22N2O3/c1-14-6-8-17(9-7-14)22(13-18-5-4-12-24-18)20(23)11-10-19-15(2)21-25-16(19)3/h4-9,12H,10-11,13H2,1-3H3. The van der Waals surface area contributed by atoms with Crippen molar-refractivity contribution in [1.82, 2.24) is 5.16 Å². The van der Waals surface area contributed by atoms with Crippen molar-refractivity contribution in [2.45, 2.75) is 40.2 Å². The minimum Gasteiger partial charge on any atom is -0.467 e. The van der Waals surface area contributed by atoms with E-state index < -0.39 is 0 Å². The Morgan fingerprint density at radius 1 is 1.12 bits per heavy atom. The molecule has 0 spiro atoms. The van der Waals surface area contributed by atoms with Gasteiger partial charge in [-0.2, -0.15) is 0 Å². The second kappa shape index (κ2) is 7.38. The van der Waals surface area contributed by atoms with Crippen LogP contribution in [0.25, 0.3) is 0 Å². The van der Waals surface area contributed by atoms with E-state index in [4.69, 9.17) is 8.94 Å². The number of aromatic nitrogens is 1. The molecule has 0 fully saturated rings. The summed E-state index contributed by atoms with van der Waals surface area (Å²) in [5.74, 6) is 1.57. The lowest BCUT2D eigenvalue weighted by Crippen LogP contribution is -2.30. The molecule has 0 saturated heterocycles.